The highest BCUT2D eigenvalue weighted by Gasteiger charge is 2.08. The van der Waals surface area contributed by atoms with Crippen molar-refractivity contribution in [2.45, 2.75) is 19.4 Å². The summed E-state index contributed by atoms with van der Waals surface area (Å²) in [6.45, 7) is 0.508. The number of halogens is 2. The molecule has 1 aromatic carbocycles. The normalized spacial score (nSPS) is 10.5. The molecule has 9 nitrogen and oxygen atoms in total. The number of anilines is 4. The van der Waals surface area contributed by atoms with Crippen LogP contribution in [0.25, 0.3) is 0 Å². The number of hydroxylamine groups is 1. The molecule has 0 aliphatic rings. The molecule has 2 aromatic heterocycles. The first-order valence-electron chi connectivity index (χ1n) is 8.31. The number of rotatable bonds is 8. The van der Waals surface area contributed by atoms with E-state index in [-0.39, 0.29) is 12.2 Å². The average Bonchev–Trinajstić information content (AvgIpc) is 3.13. The maximum atomic E-state index is 13.0. The second kappa shape index (κ2) is 9.11. The summed E-state index contributed by atoms with van der Waals surface area (Å²) in [5.74, 6) is -0.113. The fourth-order valence-electron chi connectivity index (χ4n) is 2.32. The first-order chi connectivity index (χ1) is 13.5. The van der Waals surface area contributed by atoms with Crippen LogP contribution in [0.4, 0.5) is 27.5 Å². The smallest absolute Gasteiger partial charge is 0.243 e. The Bertz CT molecular complexity index is 949. The third-order valence-corrected chi connectivity index (χ3v) is 3.93. The minimum Gasteiger partial charge on any atom is -0.339 e. The summed E-state index contributed by atoms with van der Waals surface area (Å²) in [4.78, 5) is 19.4. The average molecular weight is 406 g/mol. The predicted molar refractivity (Wildman–Crippen MR) is 101 cm³/mol. The summed E-state index contributed by atoms with van der Waals surface area (Å²) in [5.41, 5.74) is 2.87. The van der Waals surface area contributed by atoms with Gasteiger partial charge in [-0.1, -0.05) is 11.6 Å². The van der Waals surface area contributed by atoms with E-state index in [0.717, 1.165) is 0 Å². The first kappa shape index (κ1) is 19.5. The van der Waals surface area contributed by atoms with Crippen LogP contribution in [-0.4, -0.2) is 30.9 Å². The molecule has 0 saturated carbocycles. The Labute approximate surface area is 164 Å². The molecule has 28 heavy (non-hydrogen) atoms. The van der Waals surface area contributed by atoms with Gasteiger partial charge in [-0.2, -0.15) is 10.1 Å². The molecular weight excluding hydrogens is 389 g/mol. The van der Waals surface area contributed by atoms with E-state index >= 15 is 0 Å². The number of hydrogen-bond donors (Lipinski definition) is 4. The number of aryl methyl sites for hydroxylation is 1. The molecule has 11 heteroatoms. The van der Waals surface area contributed by atoms with Crippen LogP contribution in [0.15, 0.2) is 42.9 Å². The van der Waals surface area contributed by atoms with Crippen LogP contribution < -0.4 is 16.1 Å². The molecule has 146 valence electrons. The maximum Gasteiger partial charge on any atom is 0.243 e. The number of hydrogen-bond acceptors (Lipinski definition) is 7. The van der Waals surface area contributed by atoms with Gasteiger partial charge in [-0.25, -0.2) is 14.9 Å². The zero-order valence-electron chi connectivity index (χ0n) is 14.6. The lowest BCUT2D eigenvalue weighted by molar-refractivity contribution is -0.129. The fourth-order valence-corrected chi connectivity index (χ4v) is 2.46. The zero-order chi connectivity index (χ0) is 19.9. The van der Waals surface area contributed by atoms with Crippen molar-refractivity contribution in [3.05, 3.63) is 53.7 Å². The van der Waals surface area contributed by atoms with Crippen LogP contribution in [0.1, 0.15) is 12.8 Å². The number of aromatic nitrogens is 4. The van der Waals surface area contributed by atoms with Crippen molar-refractivity contribution >= 4 is 40.6 Å². The van der Waals surface area contributed by atoms with Crippen LogP contribution >= 0.6 is 11.6 Å². The highest BCUT2D eigenvalue weighted by molar-refractivity contribution is 6.32. The van der Waals surface area contributed by atoms with Gasteiger partial charge in [0.05, 0.1) is 18.1 Å². The minimum absolute atomic E-state index is 0.192. The van der Waals surface area contributed by atoms with Crippen molar-refractivity contribution in [3.63, 3.8) is 0 Å². The first-order valence-corrected chi connectivity index (χ1v) is 8.69. The SMILES string of the molecule is O=C(CCCn1cc(Nc2ncc(Cl)c(Nc3ccc(F)cc3)n2)cn1)NO. The van der Waals surface area contributed by atoms with Crippen LogP contribution in [0.3, 0.4) is 0 Å². The molecule has 0 spiro atoms. The Morgan fingerprint density at radius 1 is 1.18 bits per heavy atom. The number of carbonyl (C=O) groups is 1. The number of amides is 1. The fraction of sp³-hybridized carbons (Fsp3) is 0.176. The summed E-state index contributed by atoms with van der Waals surface area (Å²) < 4.78 is 14.7. The second-order valence-corrected chi connectivity index (χ2v) is 6.18. The largest absolute Gasteiger partial charge is 0.339 e. The van der Waals surface area contributed by atoms with E-state index in [4.69, 9.17) is 16.8 Å². The lowest BCUT2D eigenvalue weighted by Crippen LogP contribution is -2.18. The van der Waals surface area contributed by atoms with Crippen molar-refractivity contribution in [2.24, 2.45) is 0 Å². The molecule has 0 bridgehead atoms. The van der Waals surface area contributed by atoms with Crippen LogP contribution in [0.5, 0.6) is 0 Å². The number of nitrogens with one attached hydrogen (secondary N) is 3. The van der Waals surface area contributed by atoms with E-state index in [1.165, 1.54) is 18.3 Å². The molecule has 0 aliphatic carbocycles. The van der Waals surface area contributed by atoms with E-state index in [1.54, 1.807) is 34.7 Å². The Balaban J connectivity index is 1.63. The third-order valence-electron chi connectivity index (χ3n) is 3.66. The Hall–Kier alpha value is -3.24. The highest BCUT2D eigenvalue weighted by Crippen LogP contribution is 2.24. The lowest BCUT2D eigenvalue weighted by Gasteiger charge is -2.09. The minimum atomic E-state index is -0.443. The zero-order valence-corrected chi connectivity index (χ0v) is 15.3. The van der Waals surface area contributed by atoms with E-state index in [1.807, 2.05) is 0 Å². The molecule has 0 fully saturated rings. The molecule has 0 atom stereocenters. The molecule has 0 saturated heterocycles. The van der Waals surface area contributed by atoms with Gasteiger partial charge in [-0.15, -0.1) is 0 Å². The van der Waals surface area contributed by atoms with Gasteiger partial charge in [-0.05, 0) is 30.7 Å². The second-order valence-electron chi connectivity index (χ2n) is 5.78. The molecule has 4 N–H and O–H groups in total. The highest BCUT2D eigenvalue weighted by atomic mass is 35.5. The summed E-state index contributed by atoms with van der Waals surface area (Å²) in [7, 11) is 0. The Morgan fingerprint density at radius 3 is 2.71 bits per heavy atom. The number of carbonyl (C=O) groups excluding carboxylic acids is 1. The van der Waals surface area contributed by atoms with Crippen molar-refractivity contribution in [1.29, 1.82) is 0 Å². The van der Waals surface area contributed by atoms with Gasteiger partial charge >= 0.3 is 0 Å². The van der Waals surface area contributed by atoms with Crippen molar-refractivity contribution in [1.82, 2.24) is 25.2 Å². The van der Waals surface area contributed by atoms with E-state index in [0.29, 0.717) is 41.1 Å². The van der Waals surface area contributed by atoms with Crippen LogP contribution in [0, 0.1) is 5.82 Å². The van der Waals surface area contributed by atoms with Gasteiger partial charge in [0.1, 0.15) is 10.8 Å². The molecule has 0 unspecified atom stereocenters. The molecule has 2 heterocycles. The van der Waals surface area contributed by atoms with Gasteiger partial charge in [0, 0.05) is 24.8 Å². The quantitative estimate of drug-likeness (QED) is 0.335. The predicted octanol–water partition coefficient (Wildman–Crippen LogP) is 3.24. The Kier molecular flexibility index (Phi) is 6.35. The standard InChI is InChI=1S/C17H17ClFN7O2/c18-14-9-20-17(24-16(14)22-12-5-3-11(19)4-6-12)23-13-8-21-26(10-13)7-1-2-15(27)25-28/h3-6,8-10,28H,1-2,7H2,(H,25,27)(H2,20,22,23,24). The Morgan fingerprint density at radius 2 is 1.96 bits per heavy atom. The van der Waals surface area contributed by atoms with Crippen LogP contribution in [-0.2, 0) is 11.3 Å². The van der Waals surface area contributed by atoms with Gasteiger partial charge in [0.15, 0.2) is 5.82 Å². The van der Waals surface area contributed by atoms with Gasteiger partial charge in [-0.3, -0.25) is 14.7 Å². The van der Waals surface area contributed by atoms with E-state index in [2.05, 4.69) is 25.7 Å². The van der Waals surface area contributed by atoms with Crippen molar-refractivity contribution in [3.8, 4) is 0 Å². The van der Waals surface area contributed by atoms with Gasteiger partial charge in [0.2, 0.25) is 11.9 Å². The van der Waals surface area contributed by atoms with E-state index in [9.17, 15) is 9.18 Å². The van der Waals surface area contributed by atoms with Gasteiger partial charge in [0.25, 0.3) is 0 Å². The molecule has 3 aromatic rings. The molecule has 1 amide bonds. The lowest BCUT2D eigenvalue weighted by atomic mass is 10.3. The topological polar surface area (TPSA) is 117 Å². The maximum absolute atomic E-state index is 13.0. The third kappa shape index (κ3) is 5.38. The summed E-state index contributed by atoms with van der Waals surface area (Å²) in [6, 6.07) is 5.80. The number of benzene rings is 1. The van der Waals surface area contributed by atoms with Crippen LogP contribution in [0.2, 0.25) is 5.02 Å². The van der Waals surface area contributed by atoms with Crippen molar-refractivity contribution in [2.75, 3.05) is 10.6 Å². The summed E-state index contributed by atoms with van der Waals surface area (Å²) >= 11 is 6.12. The molecule has 0 radical (unpaired) electrons. The van der Waals surface area contributed by atoms with Gasteiger partial charge < -0.3 is 10.6 Å². The monoisotopic (exact) mass is 405 g/mol. The molecular formula is C17H17ClFN7O2. The number of nitrogens with zero attached hydrogens (tertiary/aromatic N) is 4. The van der Waals surface area contributed by atoms with Crippen molar-refractivity contribution < 1.29 is 14.4 Å². The molecule has 0 aliphatic heterocycles. The van der Waals surface area contributed by atoms with E-state index < -0.39 is 5.91 Å². The summed E-state index contributed by atoms with van der Waals surface area (Å²) in [6.07, 6.45) is 5.49. The molecule has 3 rings (SSSR count). The summed E-state index contributed by atoms with van der Waals surface area (Å²) in [5, 5.41) is 19.0.